The van der Waals surface area contributed by atoms with E-state index in [1.165, 1.54) is 12.1 Å². The Labute approximate surface area is 128 Å². The second-order valence-corrected chi connectivity index (χ2v) is 6.38. The van der Waals surface area contributed by atoms with Gasteiger partial charge in [-0.1, -0.05) is 19.3 Å². The summed E-state index contributed by atoms with van der Waals surface area (Å²) in [6.45, 7) is 1.76. The maximum Gasteiger partial charge on any atom is 0.323 e. The smallest absolute Gasteiger partial charge is 0.323 e. The first-order valence-electron chi connectivity index (χ1n) is 7.49. The molecule has 22 heavy (non-hydrogen) atoms. The summed E-state index contributed by atoms with van der Waals surface area (Å²) in [4.78, 5) is 11.6. The topological polar surface area (TPSA) is 75.3 Å². The lowest BCUT2D eigenvalue weighted by molar-refractivity contribution is -0.146. The first-order valence-corrected chi connectivity index (χ1v) is 7.49. The van der Waals surface area contributed by atoms with Gasteiger partial charge in [-0.3, -0.25) is 10.1 Å². The van der Waals surface area contributed by atoms with Crippen LogP contribution < -0.4 is 11.1 Å². The molecular weight excluding hydrogens is 290 g/mol. The van der Waals surface area contributed by atoms with Gasteiger partial charge in [0.2, 0.25) is 0 Å². The molecular formula is C16H22F2N2O2. The summed E-state index contributed by atoms with van der Waals surface area (Å²) in [5.41, 5.74) is 4.40. The monoisotopic (exact) mass is 312 g/mol. The molecule has 1 unspecified atom stereocenters. The van der Waals surface area contributed by atoms with E-state index in [0.29, 0.717) is 18.4 Å². The molecule has 0 amide bonds. The molecule has 0 heterocycles. The number of benzene rings is 1. The summed E-state index contributed by atoms with van der Waals surface area (Å²) in [6, 6.07) is 3.14. The number of rotatable bonds is 5. The van der Waals surface area contributed by atoms with Crippen molar-refractivity contribution < 1.29 is 18.7 Å². The second-order valence-electron chi connectivity index (χ2n) is 6.38. The average Bonchev–Trinajstić information content (AvgIpc) is 2.45. The Bertz CT molecular complexity index is 535. The van der Waals surface area contributed by atoms with Crippen molar-refractivity contribution in [3.63, 3.8) is 0 Å². The summed E-state index contributed by atoms with van der Waals surface area (Å²) in [6.07, 6.45) is 3.78. The second kappa shape index (κ2) is 6.30. The van der Waals surface area contributed by atoms with Gasteiger partial charge in [0.15, 0.2) is 0 Å². The molecule has 0 saturated heterocycles. The molecule has 1 aliphatic rings. The van der Waals surface area contributed by atoms with Gasteiger partial charge in [-0.05, 0) is 37.5 Å². The molecule has 6 heteroatoms. The number of carbonyl (C=O) groups is 1. The van der Waals surface area contributed by atoms with E-state index in [4.69, 9.17) is 5.73 Å². The van der Waals surface area contributed by atoms with Crippen molar-refractivity contribution in [1.29, 1.82) is 0 Å². The van der Waals surface area contributed by atoms with Gasteiger partial charge in [0.1, 0.15) is 17.2 Å². The quantitative estimate of drug-likeness (QED) is 0.781. The molecule has 1 aromatic carbocycles. The SMILES string of the molecule is CC(N)(CNC1(C(=O)O)CCCCC1)c1cc(F)cc(F)c1. The zero-order valence-electron chi connectivity index (χ0n) is 12.7. The van der Waals surface area contributed by atoms with Gasteiger partial charge in [-0.25, -0.2) is 8.78 Å². The number of halogens is 2. The van der Waals surface area contributed by atoms with E-state index in [1.54, 1.807) is 6.92 Å². The van der Waals surface area contributed by atoms with E-state index in [1.807, 2.05) is 0 Å². The maximum absolute atomic E-state index is 13.3. The van der Waals surface area contributed by atoms with Gasteiger partial charge >= 0.3 is 5.97 Å². The fourth-order valence-electron chi connectivity index (χ4n) is 2.96. The van der Waals surface area contributed by atoms with Gasteiger partial charge in [0, 0.05) is 12.6 Å². The molecule has 1 fully saturated rings. The van der Waals surface area contributed by atoms with Crippen LogP contribution in [0.2, 0.25) is 0 Å². The fourth-order valence-corrected chi connectivity index (χ4v) is 2.96. The first kappa shape index (κ1) is 16.8. The number of nitrogens with one attached hydrogen (secondary N) is 1. The number of hydrogen-bond acceptors (Lipinski definition) is 3. The molecule has 1 saturated carbocycles. The molecule has 1 aliphatic carbocycles. The molecule has 0 bridgehead atoms. The van der Waals surface area contributed by atoms with E-state index >= 15 is 0 Å². The molecule has 0 aromatic heterocycles. The Morgan fingerprint density at radius 3 is 2.32 bits per heavy atom. The van der Waals surface area contributed by atoms with Gasteiger partial charge in [0.25, 0.3) is 0 Å². The van der Waals surface area contributed by atoms with Crippen LogP contribution in [-0.2, 0) is 10.3 Å². The predicted octanol–water partition coefficient (Wildman–Crippen LogP) is 2.52. The predicted molar refractivity (Wildman–Crippen MR) is 79.4 cm³/mol. The summed E-state index contributed by atoms with van der Waals surface area (Å²) < 4.78 is 26.7. The van der Waals surface area contributed by atoms with E-state index in [-0.39, 0.29) is 6.54 Å². The standard InChI is InChI=1S/C16H22F2N2O2/c1-15(19,11-7-12(17)9-13(18)8-11)10-20-16(14(21)22)5-3-2-4-6-16/h7-9,20H,2-6,10,19H2,1H3,(H,21,22). The highest BCUT2D eigenvalue weighted by Gasteiger charge is 2.40. The van der Waals surface area contributed by atoms with Crippen LogP contribution in [0.4, 0.5) is 8.78 Å². The van der Waals surface area contributed by atoms with Crippen LogP contribution in [0.5, 0.6) is 0 Å². The van der Waals surface area contributed by atoms with Crippen LogP contribution in [0, 0.1) is 11.6 Å². The number of carboxylic acids is 1. The largest absolute Gasteiger partial charge is 0.480 e. The maximum atomic E-state index is 13.3. The third-order valence-electron chi connectivity index (χ3n) is 4.43. The van der Waals surface area contributed by atoms with Crippen molar-refractivity contribution in [2.45, 2.75) is 50.1 Å². The lowest BCUT2D eigenvalue weighted by atomic mass is 9.80. The molecule has 1 atom stereocenters. The highest BCUT2D eigenvalue weighted by Crippen LogP contribution is 2.30. The summed E-state index contributed by atoms with van der Waals surface area (Å²) >= 11 is 0. The Morgan fingerprint density at radius 2 is 1.82 bits per heavy atom. The molecule has 122 valence electrons. The summed E-state index contributed by atoms with van der Waals surface area (Å²) in [7, 11) is 0. The molecule has 2 rings (SSSR count). The number of nitrogens with two attached hydrogens (primary N) is 1. The molecule has 4 N–H and O–H groups in total. The Kier molecular flexibility index (Phi) is 4.82. The fraction of sp³-hybridized carbons (Fsp3) is 0.562. The van der Waals surface area contributed by atoms with Gasteiger partial charge < -0.3 is 10.8 Å². The highest BCUT2D eigenvalue weighted by molar-refractivity contribution is 5.78. The Balaban J connectivity index is 2.15. The molecule has 4 nitrogen and oxygen atoms in total. The number of aliphatic carboxylic acids is 1. The Hall–Kier alpha value is -1.53. The van der Waals surface area contributed by atoms with Gasteiger partial charge in [-0.15, -0.1) is 0 Å². The van der Waals surface area contributed by atoms with Crippen LogP contribution in [0.25, 0.3) is 0 Å². The van der Waals surface area contributed by atoms with Crippen molar-refractivity contribution in [2.24, 2.45) is 5.73 Å². The van der Waals surface area contributed by atoms with Crippen molar-refractivity contribution in [3.8, 4) is 0 Å². The summed E-state index contributed by atoms with van der Waals surface area (Å²) in [5, 5.41) is 12.6. The third-order valence-corrected chi connectivity index (χ3v) is 4.43. The van der Waals surface area contributed by atoms with Crippen LogP contribution in [-0.4, -0.2) is 23.2 Å². The van der Waals surface area contributed by atoms with Crippen molar-refractivity contribution >= 4 is 5.97 Å². The number of carboxylic acid groups (broad SMARTS) is 1. The van der Waals surface area contributed by atoms with Crippen molar-refractivity contribution in [1.82, 2.24) is 5.32 Å². The number of hydrogen-bond donors (Lipinski definition) is 3. The normalized spacial score (nSPS) is 20.4. The molecule has 0 aliphatic heterocycles. The van der Waals surface area contributed by atoms with Crippen molar-refractivity contribution in [2.75, 3.05) is 6.54 Å². The van der Waals surface area contributed by atoms with Gasteiger partial charge in [-0.2, -0.15) is 0 Å². The zero-order chi connectivity index (χ0) is 16.4. The van der Waals surface area contributed by atoms with Crippen LogP contribution in [0.15, 0.2) is 18.2 Å². The van der Waals surface area contributed by atoms with E-state index in [0.717, 1.165) is 25.3 Å². The minimum absolute atomic E-state index is 0.127. The van der Waals surface area contributed by atoms with Crippen LogP contribution in [0.1, 0.15) is 44.6 Å². The van der Waals surface area contributed by atoms with Crippen molar-refractivity contribution in [3.05, 3.63) is 35.4 Å². The summed E-state index contributed by atoms with van der Waals surface area (Å²) in [5.74, 6) is -2.29. The average molecular weight is 312 g/mol. The first-order chi connectivity index (χ1) is 10.3. The third kappa shape index (κ3) is 3.62. The zero-order valence-corrected chi connectivity index (χ0v) is 12.7. The highest BCUT2D eigenvalue weighted by atomic mass is 19.1. The van der Waals surface area contributed by atoms with E-state index < -0.39 is 28.7 Å². The Morgan fingerprint density at radius 1 is 1.27 bits per heavy atom. The molecule has 0 spiro atoms. The lowest BCUT2D eigenvalue weighted by Gasteiger charge is -2.37. The van der Waals surface area contributed by atoms with E-state index in [2.05, 4.69) is 5.32 Å². The van der Waals surface area contributed by atoms with Crippen LogP contribution in [0.3, 0.4) is 0 Å². The van der Waals surface area contributed by atoms with Crippen LogP contribution >= 0.6 is 0 Å². The van der Waals surface area contributed by atoms with Gasteiger partial charge in [0.05, 0.1) is 5.54 Å². The minimum Gasteiger partial charge on any atom is -0.480 e. The van der Waals surface area contributed by atoms with E-state index in [9.17, 15) is 18.7 Å². The molecule has 0 radical (unpaired) electrons. The minimum atomic E-state index is -1.07. The lowest BCUT2D eigenvalue weighted by Crippen LogP contribution is -2.58. The molecule has 1 aromatic rings.